The average molecular weight is 278 g/mol. The fraction of sp³-hybridized carbons (Fsp3) is 0.333. The largest absolute Gasteiger partial charge is 0.388 e. The Labute approximate surface area is 116 Å². The molecule has 1 aromatic carbocycles. The highest BCUT2D eigenvalue weighted by atomic mass is 19.1. The molecule has 0 saturated carbocycles. The second-order valence-corrected chi connectivity index (χ2v) is 4.74. The van der Waals surface area contributed by atoms with Crippen LogP contribution in [0.2, 0.25) is 0 Å². The second kappa shape index (κ2) is 6.05. The molecule has 1 heterocycles. The first-order valence-corrected chi connectivity index (χ1v) is 6.45. The van der Waals surface area contributed by atoms with E-state index in [9.17, 15) is 13.9 Å². The van der Waals surface area contributed by atoms with Crippen LogP contribution in [0.3, 0.4) is 0 Å². The van der Waals surface area contributed by atoms with Crippen LogP contribution in [0.15, 0.2) is 24.3 Å². The molecule has 0 aliphatic heterocycles. The summed E-state index contributed by atoms with van der Waals surface area (Å²) < 4.78 is 26.3. The molecule has 0 amide bonds. The normalized spacial score (nSPS) is 12.4. The van der Waals surface area contributed by atoms with Gasteiger partial charge in [0.1, 0.15) is 11.6 Å². The first-order valence-electron chi connectivity index (χ1n) is 6.45. The fourth-order valence-corrected chi connectivity index (χ4v) is 2.16. The van der Waals surface area contributed by atoms with Gasteiger partial charge in [0.2, 0.25) is 0 Å². The minimum atomic E-state index is -0.861. The van der Waals surface area contributed by atoms with Gasteiger partial charge in [-0.05, 0) is 37.1 Å². The Balaban J connectivity index is 2.27. The number of hydrogen-bond donors (Lipinski definition) is 1. The summed E-state index contributed by atoms with van der Waals surface area (Å²) in [5, 5.41) is 18.3. The number of hydrogen-bond acceptors (Lipinski definition) is 3. The summed E-state index contributed by atoms with van der Waals surface area (Å²) in [7, 11) is 0. The third-order valence-electron chi connectivity index (χ3n) is 3.07. The van der Waals surface area contributed by atoms with Crippen molar-refractivity contribution >= 4 is 0 Å². The summed E-state index contributed by atoms with van der Waals surface area (Å²) in [6.07, 6.45) is -0.0929. The van der Waals surface area contributed by atoms with Crippen molar-refractivity contribution in [2.45, 2.75) is 32.8 Å². The van der Waals surface area contributed by atoms with Crippen LogP contribution in [0, 0.1) is 18.6 Å². The monoisotopic (exact) mass is 278 g/mol. The summed E-state index contributed by atoms with van der Waals surface area (Å²) in [6.45, 7) is 3.70. The van der Waals surface area contributed by atoms with E-state index < -0.39 is 17.7 Å². The summed E-state index contributed by atoms with van der Waals surface area (Å²) in [5.74, 6) is -1.29. The number of benzene rings is 1. The molecule has 1 aromatic heterocycles. The van der Waals surface area contributed by atoms with Crippen molar-refractivity contribution in [3.63, 3.8) is 0 Å². The van der Waals surface area contributed by atoms with Gasteiger partial charge in [-0.3, -0.25) is 0 Å². The van der Waals surface area contributed by atoms with Crippen molar-refractivity contribution in [2.24, 2.45) is 0 Å². The minimum absolute atomic E-state index is 0.132. The SMILES string of the molecule is CCc1nnc(C)cc1C(O)Cc1cc(F)cc(F)c1. The van der Waals surface area contributed by atoms with E-state index in [4.69, 9.17) is 0 Å². The molecule has 1 atom stereocenters. The van der Waals surface area contributed by atoms with E-state index in [1.807, 2.05) is 6.92 Å². The molecule has 0 radical (unpaired) electrons. The lowest BCUT2D eigenvalue weighted by atomic mass is 9.99. The second-order valence-electron chi connectivity index (χ2n) is 4.74. The van der Waals surface area contributed by atoms with Crippen LogP contribution in [-0.2, 0) is 12.8 Å². The van der Waals surface area contributed by atoms with Gasteiger partial charge < -0.3 is 5.11 Å². The molecule has 2 rings (SSSR count). The highest BCUT2D eigenvalue weighted by molar-refractivity contribution is 5.27. The molecule has 2 aromatic rings. The summed E-state index contributed by atoms with van der Waals surface area (Å²) in [5.41, 5.74) is 2.46. The van der Waals surface area contributed by atoms with Gasteiger partial charge in [0.05, 0.1) is 17.5 Å². The van der Waals surface area contributed by atoms with Crippen molar-refractivity contribution in [1.82, 2.24) is 10.2 Å². The van der Waals surface area contributed by atoms with E-state index >= 15 is 0 Å². The van der Waals surface area contributed by atoms with Gasteiger partial charge in [0, 0.05) is 18.1 Å². The Hall–Kier alpha value is -1.88. The van der Waals surface area contributed by atoms with Gasteiger partial charge in [-0.2, -0.15) is 10.2 Å². The number of aromatic nitrogens is 2. The number of aliphatic hydroxyl groups is 1. The van der Waals surface area contributed by atoms with Gasteiger partial charge in [0.15, 0.2) is 0 Å². The molecular weight excluding hydrogens is 262 g/mol. The number of aliphatic hydroxyl groups excluding tert-OH is 1. The third-order valence-corrected chi connectivity index (χ3v) is 3.07. The molecule has 0 aliphatic carbocycles. The quantitative estimate of drug-likeness (QED) is 0.935. The molecule has 3 nitrogen and oxygen atoms in total. The summed E-state index contributed by atoms with van der Waals surface area (Å²) >= 11 is 0. The van der Waals surface area contributed by atoms with Crippen LogP contribution >= 0.6 is 0 Å². The Morgan fingerprint density at radius 3 is 2.35 bits per heavy atom. The maximum absolute atomic E-state index is 13.1. The highest BCUT2D eigenvalue weighted by Gasteiger charge is 2.15. The Kier molecular flexibility index (Phi) is 4.39. The highest BCUT2D eigenvalue weighted by Crippen LogP contribution is 2.22. The summed E-state index contributed by atoms with van der Waals surface area (Å²) in [4.78, 5) is 0. The van der Waals surface area contributed by atoms with Crippen LogP contribution in [0.1, 0.15) is 35.5 Å². The molecule has 5 heteroatoms. The van der Waals surface area contributed by atoms with Crippen molar-refractivity contribution in [3.05, 3.63) is 58.4 Å². The molecule has 0 spiro atoms. The van der Waals surface area contributed by atoms with E-state index in [0.717, 1.165) is 6.07 Å². The smallest absolute Gasteiger partial charge is 0.126 e. The molecule has 0 aliphatic rings. The molecule has 106 valence electrons. The van der Waals surface area contributed by atoms with E-state index in [2.05, 4.69) is 10.2 Å². The zero-order valence-electron chi connectivity index (χ0n) is 11.4. The van der Waals surface area contributed by atoms with Crippen LogP contribution in [0.5, 0.6) is 0 Å². The number of rotatable bonds is 4. The van der Waals surface area contributed by atoms with Gasteiger partial charge in [-0.25, -0.2) is 8.78 Å². The lowest BCUT2D eigenvalue weighted by molar-refractivity contribution is 0.176. The standard InChI is InChI=1S/C15H16F2N2O/c1-3-14-13(4-9(2)18-19-14)15(20)7-10-5-11(16)8-12(17)6-10/h4-6,8,15,20H,3,7H2,1-2H3. The van der Waals surface area contributed by atoms with E-state index in [1.54, 1.807) is 13.0 Å². The zero-order chi connectivity index (χ0) is 14.7. The molecule has 0 fully saturated rings. The maximum atomic E-state index is 13.1. The first kappa shape index (κ1) is 14.5. The van der Waals surface area contributed by atoms with Crippen molar-refractivity contribution < 1.29 is 13.9 Å². The van der Waals surface area contributed by atoms with Gasteiger partial charge in [0.25, 0.3) is 0 Å². The number of aryl methyl sites for hydroxylation is 2. The number of nitrogens with zero attached hydrogens (tertiary/aromatic N) is 2. The maximum Gasteiger partial charge on any atom is 0.126 e. The lowest BCUT2D eigenvalue weighted by Gasteiger charge is -2.14. The predicted octanol–water partition coefficient (Wildman–Crippen LogP) is 2.90. The molecule has 1 N–H and O–H groups in total. The van der Waals surface area contributed by atoms with Gasteiger partial charge in [-0.15, -0.1) is 0 Å². The topological polar surface area (TPSA) is 46.0 Å². The van der Waals surface area contributed by atoms with Crippen LogP contribution in [0.25, 0.3) is 0 Å². The molecule has 0 bridgehead atoms. The number of halogens is 2. The zero-order valence-corrected chi connectivity index (χ0v) is 11.4. The Bertz CT molecular complexity index is 597. The van der Waals surface area contributed by atoms with Crippen molar-refractivity contribution in [2.75, 3.05) is 0 Å². The Morgan fingerprint density at radius 1 is 1.10 bits per heavy atom. The first-order chi connectivity index (χ1) is 9.49. The van der Waals surface area contributed by atoms with Gasteiger partial charge in [-0.1, -0.05) is 6.92 Å². The van der Waals surface area contributed by atoms with Crippen molar-refractivity contribution in [3.8, 4) is 0 Å². The Morgan fingerprint density at radius 2 is 1.75 bits per heavy atom. The molecule has 20 heavy (non-hydrogen) atoms. The van der Waals surface area contributed by atoms with Crippen molar-refractivity contribution in [1.29, 1.82) is 0 Å². The fourth-order valence-electron chi connectivity index (χ4n) is 2.16. The minimum Gasteiger partial charge on any atom is -0.388 e. The average Bonchev–Trinajstić information content (AvgIpc) is 2.37. The molecular formula is C15H16F2N2O. The molecule has 0 saturated heterocycles. The van der Waals surface area contributed by atoms with Crippen LogP contribution in [0.4, 0.5) is 8.78 Å². The van der Waals surface area contributed by atoms with Crippen LogP contribution in [-0.4, -0.2) is 15.3 Å². The molecule has 1 unspecified atom stereocenters. The van der Waals surface area contributed by atoms with E-state index in [0.29, 0.717) is 28.9 Å². The van der Waals surface area contributed by atoms with E-state index in [-0.39, 0.29) is 6.42 Å². The predicted molar refractivity (Wildman–Crippen MR) is 71.2 cm³/mol. The lowest BCUT2D eigenvalue weighted by Crippen LogP contribution is -2.09. The van der Waals surface area contributed by atoms with E-state index in [1.165, 1.54) is 12.1 Å². The third kappa shape index (κ3) is 3.36. The van der Waals surface area contributed by atoms with Gasteiger partial charge >= 0.3 is 0 Å². The summed E-state index contributed by atoms with van der Waals surface area (Å²) in [6, 6.07) is 5.01. The van der Waals surface area contributed by atoms with Crippen LogP contribution < -0.4 is 0 Å².